The van der Waals surface area contributed by atoms with Crippen LogP contribution in [0.5, 0.6) is 0 Å². The molecule has 1 N–H and O–H groups in total. The van der Waals surface area contributed by atoms with E-state index < -0.39 is 24.1 Å². The molecule has 6 heteroatoms. The molecule has 0 aromatic rings. The third-order valence-electron chi connectivity index (χ3n) is 4.58. The number of aldehydes is 1. The maximum atomic E-state index is 12.2. The lowest BCUT2D eigenvalue weighted by Crippen LogP contribution is -2.34. The minimum Gasteiger partial charge on any atom is -0.461 e. The van der Waals surface area contributed by atoms with Crippen LogP contribution >= 0.6 is 0 Å². The summed E-state index contributed by atoms with van der Waals surface area (Å²) in [6.45, 7) is 7.45. The molecule has 6 nitrogen and oxygen atoms in total. The molecule has 0 radical (unpaired) electrons. The lowest BCUT2D eigenvalue weighted by atomic mass is 9.85. The minimum absolute atomic E-state index is 0.129. The van der Waals surface area contributed by atoms with Gasteiger partial charge in [-0.2, -0.15) is 0 Å². The van der Waals surface area contributed by atoms with E-state index in [2.05, 4.69) is 6.58 Å². The summed E-state index contributed by atoms with van der Waals surface area (Å²) in [4.78, 5) is 35.7. The van der Waals surface area contributed by atoms with Crippen LogP contribution in [0.1, 0.15) is 39.5 Å². The average molecular weight is 362 g/mol. The van der Waals surface area contributed by atoms with Crippen molar-refractivity contribution in [3.8, 4) is 0 Å². The monoisotopic (exact) mass is 362 g/mol. The molecule has 0 unspecified atom stereocenters. The largest absolute Gasteiger partial charge is 0.461 e. The highest BCUT2D eigenvalue weighted by molar-refractivity contribution is 5.91. The van der Waals surface area contributed by atoms with Crippen molar-refractivity contribution in [3.05, 3.63) is 35.5 Å². The molecule has 1 heterocycles. The summed E-state index contributed by atoms with van der Waals surface area (Å²) in [5, 5.41) is 9.55. The van der Waals surface area contributed by atoms with Crippen LogP contribution in [0.3, 0.4) is 0 Å². The van der Waals surface area contributed by atoms with E-state index in [4.69, 9.17) is 9.47 Å². The van der Waals surface area contributed by atoms with Crippen LogP contribution in [-0.2, 0) is 23.9 Å². The molecule has 0 spiro atoms. The summed E-state index contributed by atoms with van der Waals surface area (Å²) in [6, 6.07) is 0. The number of esters is 2. The van der Waals surface area contributed by atoms with Gasteiger partial charge < -0.3 is 14.6 Å². The smallest absolute Gasteiger partial charge is 0.334 e. The second kappa shape index (κ2) is 8.94. The van der Waals surface area contributed by atoms with Gasteiger partial charge in [0.1, 0.15) is 18.5 Å². The number of hydrogen-bond donors (Lipinski definition) is 1. The average Bonchev–Trinajstić information content (AvgIpc) is 2.85. The van der Waals surface area contributed by atoms with Gasteiger partial charge in [-0.3, -0.25) is 9.59 Å². The topological polar surface area (TPSA) is 89.9 Å². The van der Waals surface area contributed by atoms with Crippen LogP contribution < -0.4 is 0 Å². The van der Waals surface area contributed by atoms with Crippen molar-refractivity contribution < 1.29 is 29.0 Å². The zero-order valence-electron chi connectivity index (χ0n) is 15.3. The molecule has 1 fully saturated rings. The highest BCUT2D eigenvalue weighted by atomic mass is 16.6. The Balaban J connectivity index is 2.38. The van der Waals surface area contributed by atoms with Crippen molar-refractivity contribution in [2.45, 2.75) is 51.7 Å². The van der Waals surface area contributed by atoms with Crippen LogP contribution in [0.15, 0.2) is 35.5 Å². The molecular formula is C20H26O6. The van der Waals surface area contributed by atoms with Crippen molar-refractivity contribution in [1.29, 1.82) is 0 Å². The lowest BCUT2D eigenvalue weighted by Gasteiger charge is -2.27. The molecule has 0 bridgehead atoms. The number of rotatable bonds is 5. The molecule has 1 saturated heterocycles. The number of carbonyl (C=O) groups is 3. The fourth-order valence-electron chi connectivity index (χ4n) is 3.28. The Morgan fingerprint density at radius 2 is 2.23 bits per heavy atom. The molecule has 0 saturated carbocycles. The van der Waals surface area contributed by atoms with Gasteiger partial charge in [0.05, 0.1) is 12.5 Å². The molecule has 0 aromatic heterocycles. The second-order valence-corrected chi connectivity index (χ2v) is 7.17. The van der Waals surface area contributed by atoms with E-state index in [1.165, 1.54) is 0 Å². The zero-order valence-corrected chi connectivity index (χ0v) is 15.3. The van der Waals surface area contributed by atoms with E-state index in [0.29, 0.717) is 24.0 Å². The number of aliphatic hydroxyl groups excluding tert-OH is 1. The fourth-order valence-corrected chi connectivity index (χ4v) is 3.28. The molecule has 142 valence electrons. The summed E-state index contributed by atoms with van der Waals surface area (Å²) < 4.78 is 11.0. The Hall–Kier alpha value is -2.21. The Bertz CT molecular complexity index is 643. The molecule has 26 heavy (non-hydrogen) atoms. The standard InChI is InChI=1S/C20H26O6/c1-12(2)7-18(23)25-16-8-14(10-21)5-4-6-15(11-22)9-17-19(16)13(3)20(24)26-17/h5,9-10,12,16-17,19,22H,3-4,6-8,11H2,1-2H3/b14-5+,15-9+/t16-,17-,19+/m0/s1. The Labute approximate surface area is 153 Å². The van der Waals surface area contributed by atoms with Crippen LogP contribution in [0.25, 0.3) is 0 Å². The van der Waals surface area contributed by atoms with Crippen molar-refractivity contribution in [1.82, 2.24) is 0 Å². The summed E-state index contributed by atoms with van der Waals surface area (Å²) in [5.41, 5.74) is 1.42. The van der Waals surface area contributed by atoms with Gasteiger partial charge in [0, 0.05) is 18.4 Å². The third-order valence-corrected chi connectivity index (χ3v) is 4.58. The van der Waals surface area contributed by atoms with Crippen molar-refractivity contribution in [3.63, 3.8) is 0 Å². The zero-order chi connectivity index (χ0) is 19.3. The number of allylic oxidation sites excluding steroid dienone is 1. The quantitative estimate of drug-likeness (QED) is 0.349. The van der Waals surface area contributed by atoms with E-state index in [-0.39, 0.29) is 36.9 Å². The molecule has 1 aliphatic heterocycles. The normalized spacial score (nSPS) is 30.5. The maximum absolute atomic E-state index is 12.2. The Kier molecular flexibility index (Phi) is 6.91. The molecule has 0 aromatic carbocycles. The number of fused-ring (bicyclic) bond motifs is 1. The molecule has 2 aliphatic rings. The number of ether oxygens (including phenoxy) is 2. The summed E-state index contributed by atoms with van der Waals surface area (Å²) in [6.07, 6.45) is 4.40. The van der Waals surface area contributed by atoms with Gasteiger partial charge in [0.25, 0.3) is 0 Å². The first-order valence-corrected chi connectivity index (χ1v) is 8.89. The van der Waals surface area contributed by atoms with Crippen LogP contribution in [0.2, 0.25) is 0 Å². The Morgan fingerprint density at radius 3 is 2.85 bits per heavy atom. The van der Waals surface area contributed by atoms with Gasteiger partial charge in [-0.05, 0) is 36.0 Å². The van der Waals surface area contributed by atoms with Crippen molar-refractivity contribution in [2.24, 2.45) is 11.8 Å². The molecule has 3 atom stereocenters. The molecule has 0 amide bonds. The third kappa shape index (κ3) is 4.91. The van der Waals surface area contributed by atoms with E-state index >= 15 is 0 Å². The van der Waals surface area contributed by atoms with Crippen LogP contribution in [-0.4, -0.2) is 42.1 Å². The van der Waals surface area contributed by atoms with Gasteiger partial charge >= 0.3 is 11.9 Å². The molecular weight excluding hydrogens is 336 g/mol. The maximum Gasteiger partial charge on any atom is 0.334 e. The van der Waals surface area contributed by atoms with Gasteiger partial charge in [0.2, 0.25) is 0 Å². The second-order valence-electron chi connectivity index (χ2n) is 7.17. The first-order valence-electron chi connectivity index (χ1n) is 8.89. The molecule has 1 aliphatic carbocycles. The summed E-state index contributed by atoms with van der Waals surface area (Å²) in [5.74, 6) is -1.38. The fraction of sp³-hybridized carbons (Fsp3) is 0.550. The van der Waals surface area contributed by atoms with Gasteiger partial charge in [-0.1, -0.05) is 26.5 Å². The highest BCUT2D eigenvalue weighted by Crippen LogP contribution is 2.36. The van der Waals surface area contributed by atoms with E-state index in [9.17, 15) is 19.5 Å². The van der Waals surface area contributed by atoms with Crippen LogP contribution in [0, 0.1) is 11.8 Å². The lowest BCUT2D eigenvalue weighted by molar-refractivity contribution is -0.153. The van der Waals surface area contributed by atoms with Crippen molar-refractivity contribution >= 4 is 18.2 Å². The number of hydrogen-bond acceptors (Lipinski definition) is 6. The summed E-state index contributed by atoms with van der Waals surface area (Å²) >= 11 is 0. The van der Waals surface area contributed by atoms with Gasteiger partial charge in [-0.15, -0.1) is 0 Å². The van der Waals surface area contributed by atoms with E-state index in [1.807, 2.05) is 13.8 Å². The van der Waals surface area contributed by atoms with E-state index in [0.717, 1.165) is 6.29 Å². The molecule has 2 rings (SSSR count). The van der Waals surface area contributed by atoms with Gasteiger partial charge in [0.15, 0.2) is 0 Å². The minimum atomic E-state index is -0.726. The van der Waals surface area contributed by atoms with E-state index in [1.54, 1.807) is 12.2 Å². The highest BCUT2D eigenvalue weighted by Gasteiger charge is 2.44. The number of aliphatic hydroxyl groups is 1. The van der Waals surface area contributed by atoms with Gasteiger partial charge in [-0.25, -0.2) is 4.79 Å². The van der Waals surface area contributed by atoms with Crippen molar-refractivity contribution in [2.75, 3.05) is 6.61 Å². The predicted molar refractivity (Wildman–Crippen MR) is 95.0 cm³/mol. The number of carbonyl (C=O) groups excluding carboxylic acids is 3. The first-order chi connectivity index (χ1) is 12.3. The summed E-state index contributed by atoms with van der Waals surface area (Å²) in [7, 11) is 0. The SMILES string of the molecule is C=C1C(=O)O[C@H]2/C=C(/CO)CC/C=C(/C=O)C[C@H](OC(=O)CC(C)C)[C@@H]12. The van der Waals surface area contributed by atoms with Crippen LogP contribution in [0.4, 0.5) is 0 Å². The first kappa shape index (κ1) is 20.1. The predicted octanol–water partition coefficient (Wildman–Crippen LogP) is 2.27. The Morgan fingerprint density at radius 1 is 1.50 bits per heavy atom.